The summed E-state index contributed by atoms with van der Waals surface area (Å²) in [6.07, 6.45) is 2.00. The number of halogens is 1. The van der Waals surface area contributed by atoms with E-state index in [1.54, 1.807) is 16.6 Å². The van der Waals surface area contributed by atoms with Gasteiger partial charge in [0.05, 0.1) is 5.52 Å². The molecule has 0 radical (unpaired) electrons. The first-order chi connectivity index (χ1) is 14.8. The molecule has 2 aromatic heterocycles. The number of aryl methyl sites for hydroxylation is 1. The second-order valence-electron chi connectivity index (χ2n) is 7.17. The summed E-state index contributed by atoms with van der Waals surface area (Å²) in [4.78, 5) is 4.84. The van der Waals surface area contributed by atoms with Gasteiger partial charge in [0.2, 0.25) is 0 Å². The molecule has 0 saturated heterocycles. The van der Waals surface area contributed by atoms with Crippen LogP contribution >= 0.6 is 0 Å². The number of anilines is 1. The Morgan fingerprint density at radius 2 is 1.63 bits per heavy atom. The van der Waals surface area contributed by atoms with Crippen molar-refractivity contribution in [3.05, 3.63) is 90.2 Å². The van der Waals surface area contributed by atoms with Gasteiger partial charge in [0, 0.05) is 17.5 Å². The van der Waals surface area contributed by atoms with Crippen LogP contribution in [0.5, 0.6) is 0 Å². The number of benzene rings is 3. The Bertz CT molecular complexity index is 1300. The molecule has 0 aliphatic carbocycles. The Balaban J connectivity index is 1.48. The van der Waals surface area contributed by atoms with E-state index in [1.807, 2.05) is 30.3 Å². The maximum Gasteiger partial charge on any atom is 0.186 e. The fourth-order valence-electron chi connectivity index (χ4n) is 3.64. The molecule has 5 nitrogen and oxygen atoms in total. The summed E-state index contributed by atoms with van der Waals surface area (Å²) in [6.45, 7) is 0.801. The molecule has 0 aliphatic heterocycles. The molecule has 2 heterocycles. The van der Waals surface area contributed by atoms with Crippen LogP contribution in [-0.2, 0) is 6.42 Å². The standard InChI is InChI=1S/C24H20FN5/c25-19-14-12-18(13-15-19)22-24-27-23(26-16-6-9-17-7-2-1-3-8-17)20-10-4-5-11-21(20)30(24)29-28-22/h1-5,7-8,10-15H,6,9,16H2,(H,26,27). The third-order valence-electron chi connectivity index (χ3n) is 5.15. The summed E-state index contributed by atoms with van der Waals surface area (Å²) in [7, 11) is 0. The minimum atomic E-state index is -0.283. The minimum absolute atomic E-state index is 0.283. The molecular formula is C24H20FN5. The average Bonchev–Trinajstić information content (AvgIpc) is 3.22. The van der Waals surface area contributed by atoms with E-state index in [2.05, 4.69) is 39.9 Å². The second kappa shape index (κ2) is 7.91. The van der Waals surface area contributed by atoms with Gasteiger partial charge in [-0.1, -0.05) is 47.7 Å². The topological polar surface area (TPSA) is 55.1 Å². The lowest BCUT2D eigenvalue weighted by Gasteiger charge is -2.10. The Kier molecular flexibility index (Phi) is 4.81. The van der Waals surface area contributed by atoms with E-state index < -0.39 is 0 Å². The van der Waals surface area contributed by atoms with Crippen LogP contribution in [0.15, 0.2) is 78.9 Å². The van der Waals surface area contributed by atoms with Gasteiger partial charge in [-0.15, -0.1) is 5.10 Å². The molecule has 0 bridgehead atoms. The molecule has 0 atom stereocenters. The summed E-state index contributed by atoms with van der Waals surface area (Å²) < 4.78 is 15.1. The molecule has 3 aromatic carbocycles. The summed E-state index contributed by atoms with van der Waals surface area (Å²) in [5.74, 6) is 0.520. The lowest BCUT2D eigenvalue weighted by atomic mass is 10.1. The highest BCUT2D eigenvalue weighted by Gasteiger charge is 2.15. The molecule has 0 unspecified atom stereocenters. The van der Waals surface area contributed by atoms with E-state index in [9.17, 15) is 4.39 Å². The van der Waals surface area contributed by atoms with Crippen molar-refractivity contribution in [1.82, 2.24) is 19.8 Å². The number of aromatic nitrogens is 4. The van der Waals surface area contributed by atoms with Crippen LogP contribution in [0.2, 0.25) is 0 Å². The molecule has 0 spiro atoms. The number of rotatable bonds is 6. The van der Waals surface area contributed by atoms with Gasteiger partial charge in [0.1, 0.15) is 17.3 Å². The zero-order valence-electron chi connectivity index (χ0n) is 16.3. The van der Waals surface area contributed by atoms with Gasteiger partial charge in [-0.05, 0) is 54.8 Å². The van der Waals surface area contributed by atoms with Crippen molar-refractivity contribution in [2.45, 2.75) is 12.8 Å². The van der Waals surface area contributed by atoms with E-state index in [0.717, 1.165) is 41.7 Å². The van der Waals surface area contributed by atoms with Gasteiger partial charge in [-0.3, -0.25) is 0 Å². The van der Waals surface area contributed by atoms with Crippen LogP contribution in [0.25, 0.3) is 27.8 Å². The largest absolute Gasteiger partial charge is 0.369 e. The minimum Gasteiger partial charge on any atom is -0.369 e. The van der Waals surface area contributed by atoms with Crippen molar-refractivity contribution in [2.75, 3.05) is 11.9 Å². The normalized spacial score (nSPS) is 11.2. The van der Waals surface area contributed by atoms with E-state index >= 15 is 0 Å². The molecule has 6 heteroatoms. The molecule has 0 amide bonds. The van der Waals surface area contributed by atoms with Crippen molar-refractivity contribution in [3.8, 4) is 11.3 Å². The lowest BCUT2D eigenvalue weighted by molar-refractivity contribution is 0.628. The van der Waals surface area contributed by atoms with Crippen LogP contribution in [0.1, 0.15) is 12.0 Å². The maximum absolute atomic E-state index is 13.3. The SMILES string of the molecule is Fc1ccc(-c2nnn3c2nc(NCCCc2ccccc2)c2ccccc23)cc1. The Morgan fingerprint density at radius 1 is 0.867 bits per heavy atom. The number of nitrogens with one attached hydrogen (secondary N) is 1. The van der Waals surface area contributed by atoms with Gasteiger partial charge in [-0.2, -0.15) is 4.52 Å². The summed E-state index contributed by atoms with van der Waals surface area (Å²) >= 11 is 0. The fourth-order valence-corrected chi connectivity index (χ4v) is 3.64. The van der Waals surface area contributed by atoms with E-state index in [1.165, 1.54) is 17.7 Å². The number of para-hydroxylation sites is 1. The summed E-state index contributed by atoms with van der Waals surface area (Å²) in [6, 6.07) is 24.7. The zero-order valence-corrected chi connectivity index (χ0v) is 16.3. The molecule has 148 valence electrons. The smallest absolute Gasteiger partial charge is 0.186 e. The van der Waals surface area contributed by atoms with Crippen LogP contribution < -0.4 is 5.32 Å². The number of fused-ring (bicyclic) bond motifs is 3. The Hall–Kier alpha value is -3.80. The lowest BCUT2D eigenvalue weighted by Crippen LogP contribution is -2.07. The fraction of sp³-hybridized carbons (Fsp3) is 0.125. The van der Waals surface area contributed by atoms with E-state index in [0.29, 0.717) is 11.3 Å². The van der Waals surface area contributed by atoms with Crippen molar-refractivity contribution < 1.29 is 4.39 Å². The maximum atomic E-state index is 13.3. The molecule has 0 aliphatic rings. The quantitative estimate of drug-likeness (QED) is 0.404. The molecular weight excluding hydrogens is 377 g/mol. The van der Waals surface area contributed by atoms with Crippen molar-refractivity contribution in [2.24, 2.45) is 0 Å². The number of hydrogen-bond acceptors (Lipinski definition) is 4. The first kappa shape index (κ1) is 18.2. The van der Waals surface area contributed by atoms with Crippen molar-refractivity contribution >= 4 is 22.4 Å². The predicted octanol–water partition coefficient (Wildman–Crippen LogP) is 5.13. The van der Waals surface area contributed by atoms with Crippen LogP contribution in [0, 0.1) is 5.82 Å². The van der Waals surface area contributed by atoms with Crippen LogP contribution in [-0.4, -0.2) is 26.4 Å². The third kappa shape index (κ3) is 3.48. The van der Waals surface area contributed by atoms with Crippen molar-refractivity contribution in [3.63, 3.8) is 0 Å². The molecule has 30 heavy (non-hydrogen) atoms. The summed E-state index contributed by atoms with van der Waals surface area (Å²) in [5.41, 5.74) is 4.31. The third-order valence-corrected chi connectivity index (χ3v) is 5.15. The zero-order chi connectivity index (χ0) is 20.3. The number of hydrogen-bond donors (Lipinski definition) is 1. The molecule has 5 aromatic rings. The highest BCUT2D eigenvalue weighted by atomic mass is 19.1. The highest BCUT2D eigenvalue weighted by Crippen LogP contribution is 2.28. The van der Waals surface area contributed by atoms with Gasteiger partial charge in [0.15, 0.2) is 5.65 Å². The van der Waals surface area contributed by atoms with Gasteiger partial charge in [-0.25, -0.2) is 9.37 Å². The average molecular weight is 397 g/mol. The van der Waals surface area contributed by atoms with Crippen molar-refractivity contribution in [1.29, 1.82) is 0 Å². The van der Waals surface area contributed by atoms with Crippen LogP contribution in [0.4, 0.5) is 10.2 Å². The second-order valence-corrected chi connectivity index (χ2v) is 7.17. The Morgan fingerprint density at radius 3 is 2.47 bits per heavy atom. The predicted molar refractivity (Wildman–Crippen MR) is 117 cm³/mol. The first-order valence-electron chi connectivity index (χ1n) is 9.97. The summed E-state index contributed by atoms with van der Waals surface area (Å²) in [5, 5.41) is 13.1. The van der Waals surface area contributed by atoms with E-state index in [4.69, 9.17) is 4.98 Å². The van der Waals surface area contributed by atoms with Gasteiger partial charge in [0.25, 0.3) is 0 Å². The molecule has 0 saturated carbocycles. The number of nitrogens with zero attached hydrogens (tertiary/aromatic N) is 4. The van der Waals surface area contributed by atoms with E-state index in [-0.39, 0.29) is 5.82 Å². The van der Waals surface area contributed by atoms with Crippen LogP contribution in [0.3, 0.4) is 0 Å². The van der Waals surface area contributed by atoms with Gasteiger partial charge < -0.3 is 5.32 Å². The molecule has 0 fully saturated rings. The molecule has 5 rings (SSSR count). The van der Waals surface area contributed by atoms with Gasteiger partial charge >= 0.3 is 0 Å². The highest BCUT2D eigenvalue weighted by molar-refractivity contribution is 5.93. The first-order valence-corrected chi connectivity index (χ1v) is 9.97. The Labute approximate surface area is 173 Å². The molecule has 1 N–H and O–H groups in total. The monoisotopic (exact) mass is 397 g/mol.